The number of alkyl halides is 3. The van der Waals surface area contributed by atoms with Crippen molar-refractivity contribution in [1.29, 1.82) is 0 Å². The van der Waals surface area contributed by atoms with Crippen LogP contribution in [-0.2, 0) is 43.5 Å². The lowest BCUT2D eigenvalue weighted by atomic mass is 10.0. The number of sulfonamides is 1. The topological polar surface area (TPSA) is 171 Å². The van der Waals surface area contributed by atoms with E-state index in [1.807, 2.05) is 0 Å². The molecule has 0 bridgehead atoms. The van der Waals surface area contributed by atoms with Gasteiger partial charge in [-0.15, -0.1) is 0 Å². The number of rotatable bonds is 17. The van der Waals surface area contributed by atoms with Crippen LogP contribution < -0.4 is 22.1 Å². The minimum Gasteiger partial charge on any atom is -0.356 e. The maximum Gasteiger partial charge on any atom is 0.416 e. The van der Waals surface area contributed by atoms with Gasteiger partial charge in [0.2, 0.25) is 21.8 Å². The smallest absolute Gasteiger partial charge is 0.356 e. The predicted octanol–water partition coefficient (Wildman–Crippen LogP) is 0.0805. The van der Waals surface area contributed by atoms with E-state index in [-0.39, 0.29) is 30.2 Å². The number of benzene rings is 2. The van der Waals surface area contributed by atoms with Crippen LogP contribution in [-0.4, -0.2) is 85.9 Å². The number of hydrogen-bond donors (Lipinski definition) is 5. The molecule has 0 radical (unpaired) electrons. The molecule has 0 saturated heterocycles. The van der Waals surface area contributed by atoms with Gasteiger partial charge in [0.15, 0.2) is 6.04 Å². The molecule has 0 aliphatic heterocycles. The van der Waals surface area contributed by atoms with Crippen molar-refractivity contribution in [2.45, 2.75) is 56.4 Å². The van der Waals surface area contributed by atoms with E-state index in [0.29, 0.717) is 49.6 Å². The number of quaternary nitrogens is 2. The van der Waals surface area contributed by atoms with Gasteiger partial charge in [-0.05, 0) is 35.4 Å². The standard InChI is InChI=1S/C29H41F3N6O5S2/c1-3-38(4-2)45(42,43)23-11-7-21(8-12-23)19-35-28(41)25(17-20-5-9-22(10-6-20)29(30,31)32)36-27(40)24(34)18-26(39)37(14-13-33)15-16-44/h5-12,24-25,44H,3-4,13-19,33-34H2,1-2H3,(H,35,41)(H,36,40)/p+2/t24?,25-/m0/s1. The first-order chi connectivity index (χ1) is 21.2. The molecule has 16 heteroatoms. The third-order valence-electron chi connectivity index (χ3n) is 7.03. The molecular formula is C29H43F3N6O5S2+2. The summed E-state index contributed by atoms with van der Waals surface area (Å²) in [5.41, 5.74) is 7.61. The van der Waals surface area contributed by atoms with Gasteiger partial charge in [0.25, 0.3) is 5.91 Å². The second-order valence-electron chi connectivity index (χ2n) is 10.3. The van der Waals surface area contributed by atoms with Crippen molar-refractivity contribution in [3.8, 4) is 0 Å². The Morgan fingerprint density at radius 1 is 0.933 bits per heavy atom. The van der Waals surface area contributed by atoms with Gasteiger partial charge in [0.05, 0.1) is 30.0 Å². The second-order valence-corrected chi connectivity index (χ2v) is 12.7. The number of carbonyl (C=O) groups is 3. The normalized spacial score (nSPS) is 13.3. The molecule has 3 amide bonds. The van der Waals surface area contributed by atoms with Crippen LogP contribution in [0.2, 0.25) is 0 Å². The fourth-order valence-corrected chi connectivity index (χ4v) is 6.17. The maximum absolute atomic E-state index is 13.3. The van der Waals surface area contributed by atoms with Gasteiger partial charge < -0.3 is 27.0 Å². The summed E-state index contributed by atoms with van der Waals surface area (Å²) >= 11 is 4.15. The first kappa shape index (κ1) is 38.0. The summed E-state index contributed by atoms with van der Waals surface area (Å²) in [4.78, 5) is 40.7. The third kappa shape index (κ3) is 11.3. The van der Waals surface area contributed by atoms with E-state index in [1.54, 1.807) is 26.0 Å². The average molecular weight is 677 g/mol. The summed E-state index contributed by atoms with van der Waals surface area (Å²) in [6.45, 7) is 5.31. The minimum absolute atomic E-state index is 0.0140. The molecule has 0 saturated carbocycles. The van der Waals surface area contributed by atoms with E-state index in [4.69, 9.17) is 0 Å². The maximum atomic E-state index is 13.3. The SMILES string of the molecule is CCN(CC)S(=O)(=O)c1ccc(CNC(=O)[C@H](Cc2ccc(C(F)(F)F)cc2)NC(=O)C([NH3+])CC(=O)N(CC[NH3+])CCS)cc1. The number of nitrogens with zero attached hydrogens (tertiary/aromatic N) is 2. The Morgan fingerprint density at radius 2 is 1.51 bits per heavy atom. The monoisotopic (exact) mass is 676 g/mol. The fraction of sp³-hybridized carbons (Fsp3) is 0.483. The lowest BCUT2D eigenvalue weighted by Crippen LogP contribution is -2.70. The second kappa shape index (κ2) is 17.5. The molecule has 0 heterocycles. The summed E-state index contributed by atoms with van der Waals surface area (Å²) in [5, 5.41) is 5.28. The Hall–Kier alpha value is -3.18. The van der Waals surface area contributed by atoms with Crippen molar-refractivity contribution in [3.63, 3.8) is 0 Å². The van der Waals surface area contributed by atoms with Crippen molar-refractivity contribution in [1.82, 2.24) is 19.8 Å². The van der Waals surface area contributed by atoms with Crippen LogP contribution in [0.15, 0.2) is 53.4 Å². The molecule has 250 valence electrons. The lowest BCUT2D eigenvalue weighted by Gasteiger charge is -2.23. The quantitative estimate of drug-likeness (QED) is 0.149. The number of nitrogens with one attached hydrogen (secondary N) is 2. The van der Waals surface area contributed by atoms with Gasteiger partial charge >= 0.3 is 6.18 Å². The van der Waals surface area contributed by atoms with Crippen molar-refractivity contribution in [3.05, 3.63) is 65.2 Å². The van der Waals surface area contributed by atoms with E-state index in [0.717, 1.165) is 12.1 Å². The first-order valence-corrected chi connectivity index (χ1v) is 16.6. The molecule has 0 aromatic heterocycles. The summed E-state index contributed by atoms with van der Waals surface area (Å²) < 4.78 is 66.0. The highest BCUT2D eigenvalue weighted by Crippen LogP contribution is 2.29. The molecule has 11 nitrogen and oxygen atoms in total. The van der Waals surface area contributed by atoms with Crippen LogP contribution >= 0.6 is 12.6 Å². The Bertz CT molecular complexity index is 1370. The van der Waals surface area contributed by atoms with Gasteiger partial charge in [-0.3, -0.25) is 14.4 Å². The molecule has 8 N–H and O–H groups in total. The summed E-state index contributed by atoms with van der Waals surface area (Å²) in [6.07, 6.45) is -4.90. The van der Waals surface area contributed by atoms with Gasteiger partial charge in [0.1, 0.15) is 6.04 Å². The zero-order valence-corrected chi connectivity index (χ0v) is 27.2. The third-order valence-corrected chi connectivity index (χ3v) is 9.29. The van der Waals surface area contributed by atoms with Gasteiger partial charge in [-0.1, -0.05) is 38.1 Å². The van der Waals surface area contributed by atoms with Gasteiger partial charge in [0, 0.05) is 38.4 Å². The molecule has 0 aliphatic carbocycles. The predicted molar refractivity (Wildman–Crippen MR) is 165 cm³/mol. The Morgan fingerprint density at radius 3 is 2.02 bits per heavy atom. The van der Waals surface area contributed by atoms with E-state index in [2.05, 4.69) is 34.7 Å². The van der Waals surface area contributed by atoms with Crippen LogP contribution in [0.5, 0.6) is 0 Å². The highest BCUT2D eigenvalue weighted by atomic mass is 32.2. The van der Waals surface area contributed by atoms with Crippen molar-refractivity contribution < 1.29 is 47.4 Å². The van der Waals surface area contributed by atoms with Crippen LogP contribution in [0.3, 0.4) is 0 Å². The zero-order valence-electron chi connectivity index (χ0n) is 25.5. The van der Waals surface area contributed by atoms with Crippen LogP contribution in [0.4, 0.5) is 13.2 Å². The molecule has 2 aromatic carbocycles. The highest BCUT2D eigenvalue weighted by Gasteiger charge is 2.31. The summed E-state index contributed by atoms with van der Waals surface area (Å²) in [7, 11) is -3.66. The van der Waals surface area contributed by atoms with Gasteiger partial charge in [-0.2, -0.15) is 30.1 Å². The molecule has 0 fully saturated rings. The van der Waals surface area contributed by atoms with Crippen LogP contribution in [0.1, 0.15) is 37.0 Å². The lowest BCUT2D eigenvalue weighted by molar-refractivity contribution is -0.403. The summed E-state index contributed by atoms with van der Waals surface area (Å²) in [5.74, 6) is -1.21. The number of carbonyl (C=O) groups excluding carboxylic acids is 3. The molecular weight excluding hydrogens is 633 g/mol. The Labute approximate surface area is 267 Å². The average Bonchev–Trinajstić information content (AvgIpc) is 2.99. The Balaban J connectivity index is 2.20. The molecule has 1 unspecified atom stereocenters. The minimum atomic E-state index is -4.54. The fourth-order valence-electron chi connectivity index (χ4n) is 4.47. The largest absolute Gasteiger partial charge is 0.416 e. The van der Waals surface area contributed by atoms with Crippen molar-refractivity contribution in [2.24, 2.45) is 0 Å². The van der Waals surface area contributed by atoms with E-state index >= 15 is 0 Å². The van der Waals surface area contributed by atoms with E-state index in [1.165, 1.54) is 33.5 Å². The molecule has 2 aromatic rings. The zero-order chi connectivity index (χ0) is 33.8. The van der Waals surface area contributed by atoms with Crippen LogP contribution in [0, 0.1) is 0 Å². The van der Waals surface area contributed by atoms with Crippen LogP contribution in [0.25, 0.3) is 0 Å². The molecule has 2 rings (SSSR count). The first-order valence-electron chi connectivity index (χ1n) is 14.5. The number of amides is 3. The molecule has 0 aliphatic rings. The molecule has 0 spiro atoms. The number of halogens is 3. The summed E-state index contributed by atoms with van der Waals surface area (Å²) in [6, 6.07) is 7.97. The Kier molecular flexibility index (Phi) is 14.8. The molecule has 2 atom stereocenters. The van der Waals surface area contributed by atoms with E-state index < -0.39 is 45.7 Å². The highest BCUT2D eigenvalue weighted by molar-refractivity contribution is 7.89. The van der Waals surface area contributed by atoms with Crippen molar-refractivity contribution in [2.75, 3.05) is 38.5 Å². The molecule has 45 heavy (non-hydrogen) atoms. The number of hydrogen-bond acceptors (Lipinski definition) is 6. The van der Waals surface area contributed by atoms with Gasteiger partial charge in [-0.25, -0.2) is 8.42 Å². The van der Waals surface area contributed by atoms with E-state index in [9.17, 15) is 36.0 Å². The number of thiol groups is 1. The van der Waals surface area contributed by atoms with Crippen molar-refractivity contribution >= 4 is 40.4 Å².